The zero-order valence-electron chi connectivity index (χ0n) is 8.86. The molecule has 3 N–H and O–H groups in total. The van der Waals surface area contributed by atoms with E-state index in [1.165, 1.54) is 6.07 Å². The molecule has 7 nitrogen and oxygen atoms in total. The Morgan fingerprint density at radius 2 is 2.33 bits per heavy atom. The maximum absolute atomic E-state index is 11.9. The monoisotopic (exact) mass is 304 g/mol. The fourth-order valence-corrected chi connectivity index (χ4v) is 3.47. The van der Waals surface area contributed by atoms with E-state index in [9.17, 15) is 8.42 Å². The topological polar surface area (TPSA) is 111 Å². The highest BCUT2D eigenvalue weighted by molar-refractivity contribution is 7.91. The van der Waals surface area contributed by atoms with Gasteiger partial charge in [0.25, 0.3) is 0 Å². The fourth-order valence-electron chi connectivity index (χ4n) is 1.10. The van der Waals surface area contributed by atoms with Gasteiger partial charge in [0.1, 0.15) is 9.20 Å². The van der Waals surface area contributed by atoms with Crippen LogP contribution in [0.1, 0.15) is 10.7 Å². The van der Waals surface area contributed by atoms with Crippen molar-refractivity contribution < 1.29 is 12.9 Å². The van der Waals surface area contributed by atoms with Crippen LogP contribution in [0.4, 0.5) is 0 Å². The maximum Gasteiger partial charge on any atom is 0.250 e. The van der Waals surface area contributed by atoms with Gasteiger partial charge in [0.15, 0.2) is 5.82 Å². The molecule has 0 aromatic carbocycles. The molecule has 0 fully saturated rings. The number of thiophene rings is 1. The first-order chi connectivity index (χ1) is 8.49. The number of hydrogen-bond acceptors (Lipinski definition) is 7. The molecule has 0 atom stereocenters. The first-order valence-electron chi connectivity index (χ1n) is 4.63. The molecule has 18 heavy (non-hydrogen) atoms. The highest BCUT2D eigenvalue weighted by atomic mass is 32.2. The second-order valence-corrected chi connectivity index (χ2v) is 6.67. The molecule has 0 spiro atoms. The third-order valence-electron chi connectivity index (χ3n) is 1.92. The SMILES string of the molecule is NC(=S)c1ccc(S(=O)(=O)NCc2ncon2)s1. The van der Waals surface area contributed by atoms with Gasteiger partial charge in [0, 0.05) is 0 Å². The van der Waals surface area contributed by atoms with Crippen molar-refractivity contribution in [2.75, 3.05) is 0 Å². The summed E-state index contributed by atoms with van der Waals surface area (Å²) in [5.41, 5.74) is 5.42. The second-order valence-electron chi connectivity index (χ2n) is 3.15. The van der Waals surface area contributed by atoms with E-state index in [4.69, 9.17) is 18.0 Å². The second kappa shape index (κ2) is 5.10. The molecule has 2 aromatic rings. The average Bonchev–Trinajstić information content (AvgIpc) is 2.98. The third kappa shape index (κ3) is 2.90. The van der Waals surface area contributed by atoms with Crippen LogP contribution in [-0.4, -0.2) is 23.5 Å². The molecule has 0 aliphatic rings. The average molecular weight is 304 g/mol. The van der Waals surface area contributed by atoms with Crippen molar-refractivity contribution in [2.24, 2.45) is 5.73 Å². The van der Waals surface area contributed by atoms with Crippen molar-refractivity contribution >= 4 is 38.6 Å². The lowest BCUT2D eigenvalue weighted by Crippen LogP contribution is -2.23. The highest BCUT2D eigenvalue weighted by Crippen LogP contribution is 2.21. The molecule has 2 heterocycles. The molecule has 96 valence electrons. The Labute approximate surface area is 112 Å². The zero-order valence-corrected chi connectivity index (χ0v) is 11.3. The maximum atomic E-state index is 11.9. The van der Waals surface area contributed by atoms with Gasteiger partial charge in [-0.05, 0) is 12.1 Å². The Hall–Kier alpha value is -1.36. The Balaban J connectivity index is 2.12. The first kappa shape index (κ1) is 13.1. The summed E-state index contributed by atoms with van der Waals surface area (Å²) in [6.45, 7) is -0.0425. The van der Waals surface area contributed by atoms with Crippen LogP contribution in [0, 0.1) is 0 Å². The Kier molecular flexibility index (Phi) is 3.71. The van der Waals surface area contributed by atoms with Crippen molar-refractivity contribution in [3.8, 4) is 0 Å². The van der Waals surface area contributed by atoms with Gasteiger partial charge in [-0.25, -0.2) is 13.1 Å². The lowest BCUT2D eigenvalue weighted by molar-refractivity contribution is 0.409. The molecule has 0 bridgehead atoms. The van der Waals surface area contributed by atoms with Crippen LogP contribution in [-0.2, 0) is 16.6 Å². The summed E-state index contributed by atoms with van der Waals surface area (Å²) in [5.74, 6) is 0.254. The number of rotatable bonds is 5. The van der Waals surface area contributed by atoms with Gasteiger partial charge in [0.05, 0.1) is 11.4 Å². The molecule has 10 heteroatoms. The van der Waals surface area contributed by atoms with Crippen molar-refractivity contribution in [1.29, 1.82) is 0 Å². The summed E-state index contributed by atoms with van der Waals surface area (Å²) in [6.07, 6.45) is 1.12. The minimum atomic E-state index is -3.62. The molecular weight excluding hydrogens is 296 g/mol. The van der Waals surface area contributed by atoms with E-state index in [0.717, 1.165) is 17.7 Å². The molecule has 0 unspecified atom stereocenters. The molecule has 2 rings (SSSR count). The Bertz CT molecular complexity index is 647. The summed E-state index contributed by atoms with van der Waals surface area (Å²) >= 11 is 5.77. The van der Waals surface area contributed by atoms with E-state index < -0.39 is 10.0 Å². The Morgan fingerprint density at radius 1 is 1.56 bits per heavy atom. The van der Waals surface area contributed by atoms with Crippen molar-refractivity contribution in [3.63, 3.8) is 0 Å². The van der Waals surface area contributed by atoms with E-state index in [0.29, 0.717) is 4.88 Å². The summed E-state index contributed by atoms with van der Waals surface area (Å²) in [4.78, 5) is 4.42. The minimum absolute atomic E-state index is 0.0425. The molecule has 2 aromatic heterocycles. The lowest BCUT2D eigenvalue weighted by atomic mass is 10.5. The molecule has 0 saturated carbocycles. The molecule has 0 aliphatic heterocycles. The van der Waals surface area contributed by atoms with Gasteiger partial charge in [-0.1, -0.05) is 17.4 Å². The van der Waals surface area contributed by atoms with E-state index in [1.807, 2.05) is 0 Å². The van der Waals surface area contributed by atoms with Crippen LogP contribution in [0.15, 0.2) is 27.3 Å². The smallest absolute Gasteiger partial charge is 0.250 e. The number of nitrogens with one attached hydrogen (secondary N) is 1. The number of thiocarbonyl (C=S) groups is 1. The number of sulfonamides is 1. The standard InChI is InChI=1S/C8H8N4O3S3/c9-8(16)5-1-2-7(17-5)18(13,14)11-3-6-10-4-15-12-6/h1-2,4,11H,3H2,(H2,9,16). The van der Waals surface area contributed by atoms with Gasteiger partial charge < -0.3 is 10.3 Å². The van der Waals surface area contributed by atoms with Crippen LogP contribution < -0.4 is 10.5 Å². The number of nitrogens with two attached hydrogens (primary N) is 1. The molecule has 0 amide bonds. The van der Waals surface area contributed by atoms with Gasteiger partial charge in [-0.3, -0.25) is 0 Å². The van der Waals surface area contributed by atoms with E-state index in [1.54, 1.807) is 6.07 Å². The quantitative estimate of drug-likeness (QED) is 0.761. The van der Waals surface area contributed by atoms with Crippen LogP contribution in [0.3, 0.4) is 0 Å². The van der Waals surface area contributed by atoms with Gasteiger partial charge in [-0.2, -0.15) is 4.98 Å². The van der Waals surface area contributed by atoms with Crippen LogP contribution in [0.2, 0.25) is 0 Å². The van der Waals surface area contributed by atoms with E-state index in [-0.39, 0.29) is 21.6 Å². The minimum Gasteiger partial charge on any atom is -0.389 e. The predicted molar refractivity (Wildman–Crippen MR) is 68.5 cm³/mol. The van der Waals surface area contributed by atoms with Crippen LogP contribution in [0.5, 0.6) is 0 Å². The van der Waals surface area contributed by atoms with Crippen LogP contribution >= 0.6 is 23.6 Å². The van der Waals surface area contributed by atoms with Gasteiger partial charge in [-0.15, -0.1) is 11.3 Å². The summed E-state index contributed by atoms with van der Waals surface area (Å²) < 4.78 is 30.8. The van der Waals surface area contributed by atoms with Gasteiger partial charge >= 0.3 is 0 Å². The molecule has 0 aliphatic carbocycles. The molecule has 0 saturated heterocycles. The predicted octanol–water partition coefficient (Wildman–Crippen LogP) is 0.244. The van der Waals surface area contributed by atoms with Crippen molar-refractivity contribution in [1.82, 2.24) is 14.9 Å². The van der Waals surface area contributed by atoms with Gasteiger partial charge in [0.2, 0.25) is 16.4 Å². The fraction of sp³-hybridized carbons (Fsp3) is 0.125. The molecular formula is C8H8N4O3S3. The summed E-state index contributed by atoms with van der Waals surface area (Å²) in [5, 5.41) is 3.50. The van der Waals surface area contributed by atoms with E-state index >= 15 is 0 Å². The largest absolute Gasteiger partial charge is 0.389 e. The summed E-state index contributed by atoms with van der Waals surface area (Å²) in [7, 11) is -3.62. The zero-order chi connectivity index (χ0) is 13.2. The third-order valence-corrected chi connectivity index (χ3v) is 5.28. The lowest BCUT2D eigenvalue weighted by Gasteiger charge is -2.01. The first-order valence-corrected chi connectivity index (χ1v) is 7.34. The molecule has 0 radical (unpaired) electrons. The number of hydrogen-bond donors (Lipinski definition) is 2. The number of aromatic nitrogens is 2. The van der Waals surface area contributed by atoms with Crippen molar-refractivity contribution in [3.05, 3.63) is 29.2 Å². The van der Waals surface area contributed by atoms with Crippen molar-refractivity contribution in [2.45, 2.75) is 10.8 Å². The van der Waals surface area contributed by atoms with Crippen LogP contribution in [0.25, 0.3) is 0 Å². The highest BCUT2D eigenvalue weighted by Gasteiger charge is 2.18. The Morgan fingerprint density at radius 3 is 2.89 bits per heavy atom. The normalized spacial score (nSPS) is 11.6. The van der Waals surface area contributed by atoms with E-state index in [2.05, 4.69) is 19.4 Å². The number of nitrogens with zero attached hydrogens (tertiary/aromatic N) is 2. The summed E-state index contributed by atoms with van der Waals surface area (Å²) in [6, 6.07) is 3.01.